The van der Waals surface area contributed by atoms with Crippen LogP contribution in [0.5, 0.6) is 0 Å². The molecule has 0 amide bonds. The summed E-state index contributed by atoms with van der Waals surface area (Å²) in [6, 6.07) is 2.40. The van der Waals surface area contributed by atoms with Gasteiger partial charge in [0.15, 0.2) is 5.96 Å². The zero-order valence-electron chi connectivity index (χ0n) is 15.8. The molecule has 1 N–H and O–H groups in total. The molecule has 1 fully saturated rings. The van der Waals surface area contributed by atoms with Gasteiger partial charge < -0.3 is 14.8 Å². The molecule has 2 aromatic heterocycles. The van der Waals surface area contributed by atoms with Crippen molar-refractivity contribution >= 4 is 29.9 Å². The van der Waals surface area contributed by atoms with Gasteiger partial charge in [-0.2, -0.15) is 5.10 Å². The molecule has 3 rings (SSSR count). The third kappa shape index (κ3) is 5.21. The maximum absolute atomic E-state index is 4.51. The van der Waals surface area contributed by atoms with Crippen LogP contribution in [0.25, 0.3) is 0 Å². The summed E-state index contributed by atoms with van der Waals surface area (Å²) in [6.07, 6.45) is 10.8. The Kier molecular flexibility index (Phi) is 7.92. The molecule has 7 nitrogen and oxygen atoms in total. The number of hydrogen-bond donors (Lipinski definition) is 1. The molecule has 144 valence electrons. The van der Waals surface area contributed by atoms with E-state index in [4.69, 9.17) is 0 Å². The van der Waals surface area contributed by atoms with Gasteiger partial charge in [-0.15, -0.1) is 24.0 Å². The third-order valence-electron chi connectivity index (χ3n) is 5.00. The standard InChI is InChI=1S/C18H29N7.HI/c1-15(12-25-8-4-6-22-25)11-21-18(19-3)23-9-5-16(2)17(13-23)24-10-7-20-14-24;/h4,6-8,10,14-17H,5,9,11-13H2,1-3H3,(H,19,21);1H. The Balaban J connectivity index is 0.00000243. The first-order valence-electron chi connectivity index (χ1n) is 9.08. The summed E-state index contributed by atoms with van der Waals surface area (Å²) in [4.78, 5) is 11.1. The van der Waals surface area contributed by atoms with Crippen molar-refractivity contribution in [2.75, 3.05) is 26.7 Å². The number of aliphatic imine (C=N–C) groups is 1. The SMILES string of the molecule is CN=C(NCC(C)Cn1cccn1)N1CCC(C)C(n2ccnc2)C1.I. The molecule has 2 aromatic rings. The number of nitrogens with zero attached hydrogens (tertiary/aromatic N) is 6. The quantitative estimate of drug-likeness (QED) is 0.414. The van der Waals surface area contributed by atoms with E-state index in [0.717, 1.165) is 38.6 Å². The van der Waals surface area contributed by atoms with Crippen LogP contribution in [0.15, 0.2) is 42.2 Å². The molecule has 0 aromatic carbocycles. The maximum Gasteiger partial charge on any atom is 0.193 e. The molecule has 0 spiro atoms. The van der Waals surface area contributed by atoms with Crippen LogP contribution >= 0.6 is 24.0 Å². The molecule has 3 atom stereocenters. The molecule has 1 aliphatic heterocycles. The van der Waals surface area contributed by atoms with Crippen LogP contribution in [0.2, 0.25) is 0 Å². The Hall–Kier alpha value is -1.58. The lowest BCUT2D eigenvalue weighted by atomic mass is 9.93. The van der Waals surface area contributed by atoms with Crippen molar-refractivity contribution in [3.63, 3.8) is 0 Å². The van der Waals surface area contributed by atoms with Crippen LogP contribution in [0.4, 0.5) is 0 Å². The van der Waals surface area contributed by atoms with Gasteiger partial charge in [0.05, 0.1) is 12.4 Å². The summed E-state index contributed by atoms with van der Waals surface area (Å²) >= 11 is 0. The molecule has 0 saturated carbocycles. The molecule has 26 heavy (non-hydrogen) atoms. The monoisotopic (exact) mass is 471 g/mol. The first kappa shape index (κ1) is 20.7. The molecule has 3 heterocycles. The minimum atomic E-state index is 0. The van der Waals surface area contributed by atoms with Crippen LogP contribution in [0.3, 0.4) is 0 Å². The van der Waals surface area contributed by atoms with E-state index in [0.29, 0.717) is 17.9 Å². The van der Waals surface area contributed by atoms with Gasteiger partial charge in [0, 0.05) is 58.0 Å². The Bertz CT molecular complexity index is 653. The summed E-state index contributed by atoms with van der Waals surface area (Å²) in [5.74, 6) is 2.11. The van der Waals surface area contributed by atoms with Crippen molar-refractivity contribution in [3.05, 3.63) is 37.2 Å². The number of rotatable bonds is 5. The Morgan fingerprint density at radius 1 is 1.35 bits per heavy atom. The van der Waals surface area contributed by atoms with E-state index in [-0.39, 0.29) is 24.0 Å². The largest absolute Gasteiger partial charge is 0.356 e. The summed E-state index contributed by atoms with van der Waals surface area (Å²) in [6.45, 7) is 8.35. The normalized spacial score (nSPS) is 22.0. The number of halogens is 1. The van der Waals surface area contributed by atoms with Crippen LogP contribution in [-0.4, -0.2) is 56.9 Å². The highest BCUT2D eigenvalue weighted by Gasteiger charge is 2.28. The van der Waals surface area contributed by atoms with Gasteiger partial charge in [-0.05, 0) is 24.3 Å². The average molecular weight is 471 g/mol. The Morgan fingerprint density at radius 2 is 2.19 bits per heavy atom. The molecule has 8 heteroatoms. The van der Waals surface area contributed by atoms with E-state index < -0.39 is 0 Å². The van der Waals surface area contributed by atoms with E-state index in [9.17, 15) is 0 Å². The smallest absolute Gasteiger partial charge is 0.193 e. The van der Waals surface area contributed by atoms with Crippen molar-refractivity contribution in [1.82, 2.24) is 29.5 Å². The predicted molar refractivity (Wildman–Crippen MR) is 115 cm³/mol. The number of guanidine groups is 1. The lowest BCUT2D eigenvalue weighted by Gasteiger charge is -2.39. The molecular weight excluding hydrogens is 441 g/mol. The van der Waals surface area contributed by atoms with Crippen molar-refractivity contribution in [2.45, 2.75) is 32.9 Å². The first-order chi connectivity index (χ1) is 12.2. The van der Waals surface area contributed by atoms with E-state index in [1.54, 1.807) is 0 Å². The van der Waals surface area contributed by atoms with Gasteiger partial charge in [0.1, 0.15) is 0 Å². The fraction of sp³-hybridized carbons (Fsp3) is 0.611. The number of likely N-dealkylation sites (tertiary alicyclic amines) is 1. The van der Waals surface area contributed by atoms with Crippen LogP contribution in [0, 0.1) is 11.8 Å². The Morgan fingerprint density at radius 3 is 2.85 bits per heavy atom. The summed E-state index contributed by atoms with van der Waals surface area (Å²) < 4.78 is 4.21. The maximum atomic E-state index is 4.51. The van der Waals surface area contributed by atoms with Gasteiger partial charge >= 0.3 is 0 Å². The fourth-order valence-corrected chi connectivity index (χ4v) is 3.49. The fourth-order valence-electron chi connectivity index (χ4n) is 3.49. The number of aromatic nitrogens is 4. The lowest BCUT2D eigenvalue weighted by Crippen LogP contribution is -2.49. The molecular formula is C18H30IN7. The van der Waals surface area contributed by atoms with Crippen LogP contribution < -0.4 is 5.32 Å². The van der Waals surface area contributed by atoms with Gasteiger partial charge in [0.2, 0.25) is 0 Å². The van der Waals surface area contributed by atoms with Gasteiger partial charge in [0.25, 0.3) is 0 Å². The zero-order valence-corrected chi connectivity index (χ0v) is 18.2. The lowest BCUT2D eigenvalue weighted by molar-refractivity contribution is 0.188. The highest BCUT2D eigenvalue weighted by molar-refractivity contribution is 14.0. The van der Waals surface area contributed by atoms with Gasteiger partial charge in [-0.25, -0.2) is 4.98 Å². The molecule has 3 unspecified atom stereocenters. The highest BCUT2D eigenvalue weighted by Crippen LogP contribution is 2.27. The van der Waals surface area contributed by atoms with Crippen molar-refractivity contribution in [2.24, 2.45) is 16.8 Å². The topological polar surface area (TPSA) is 63.3 Å². The summed E-state index contributed by atoms with van der Waals surface area (Å²) in [5, 5.41) is 7.82. The van der Waals surface area contributed by atoms with Crippen molar-refractivity contribution < 1.29 is 0 Å². The predicted octanol–water partition coefficient (Wildman–Crippen LogP) is 2.49. The summed E-state index contributed by atoms with van der Waals surface area (Å²) in [7, 11) is 1.87. The van der Waals surface area contributed by atoms with E-state index in [2.05, 4.69) is 49.9 Å². The number of nitrogens with one attached hydrogen (secondary N) is 1. The molecule has 1 saturated heterocycles. The minimum Gasteiger partial charge on any atom is -0.356 e. The van der Waals surface area contributed by atoms with Crippen molar-refractivity contribution in [3.8, 4) is 0 Å². The first-order valence-corrected chi connectivity index (χ1v) is 9.08. The third-order valence-corrected chi connectivity index (χ3v) is 5.00. The van der Waals surface area contributed by atoms with Gasteiger partial charge in [-0.1, -0.05) is 13.8 Å². The molecule has 0 radical (unpaired) electrons. The number of hydrogen-bond acceptors (Lipinski definition) is 3. The molecule has 1 aliphatic rings. The van der Waals surface area contributed by atoms with Crippen molar-refractivity contribution in [1.29, 1.82) is 0 Å². The average Bonchev–Trinajstić information content (AvgIpc) is 3.30. The Labute approximate surface area is 172 Å². The number of imidazole rings is 1. The second kappa shape index (κ2) is 9.94. The van der Waals surface area contributed by atoms with E-state index >= 15 is 0 Å². The molecule has 0 bridgehead atoms. The second-order valence-corrected chi connectivity index (χ2v) is 7.05. The zero-order chi connectivity index (χ0) is 17.6. The second-order valence-electron chi connectivity index (χ2n) is 7.05. The minimum absolute atomic E-state index is 0. The molecule has 0 aliphatic carbocycles. The van der Waals surface area contributed by atoms with E-state index in [1.807, 2.05) is 42.7 Å². The highest BCUT2D eigenvalue weighted by atomic mass is 127. The van der Waals surface area contributed by atoms with Crippen LogP contribution in [-0.2, 0) is 6.54 Å². The van der Waals surface area contributed by atoms with Gasteiger partial charge in [-0.3, -0.25) is 9.67 Å². The van der Waals surface area contributed by atoms with Crippen LogP contribution in [0.1, 0.15) is 26.3 Å². The summed E-state index contributed by atoms with van der Waals surface area (Å²) in [5.41, 5.74) is 0. The number of piperidine rings is 1. The van der Waals surface area contributed by atoms with E-state index in [1.165, 1.54) is 0 Å².